The second-order valence-electron chi connectivity index (χ2n) is 9.68. The van der Waals surface area contributed by atoms with Gasteiger partial charge in [-0.1, -0.05) is 43.6 Å². The normalized spacial score (nSPS) is 23.8. The molecular formula is C24H29ClN2O5S2. The van der Waals surface area contributed by atoms with E-state index < -0.39 is 30.9 Å². The largest absolute Gasteiger partial charge is 0.299 e. The third-order valence-electron chi connectivity index (χ3n) is 7.68. The zero-order valence-electron chi connectivity index (χ0n) is 19.4. The third-order valence-corrected chi connectivity index (χ3v) is 11.5. The summed E-state index contributed by atoms with van der Waals surface area (Å²) >= 11 is 6.26. The van der Waals surface area contributed by atoms with Gasteiger partial charge in [0.05, 0.1) is 21.9 Å². The number of para-hydroxylation sites is 1. The Kier molecular flexibility index (Phi) is 6.28. The van der Waals surface area contributed by atoms with Crippen molar-refractivity contribution in [1.82, 2.24) is 0 Å². The second-order valence-corrected chi connectivity index (χ2v) is 13.6. The van der Waals surface area contributed by atoms with Gasteiger partial charge < -0.3 is 0 Å². The van der Waals surface area contributed by atoms with Crippen LogP contribution in [-0.2, 0) is 24.8 Å². The summed E-state index contributed by atoms with van der Waals surface area (Å²) in [5.74, 6) is -0.126. The smallest absolute Gasteiger partial charge is 0.265 e. The van der Waals surface area contributed by atoms with E-state index in [0.717, 1.165) is 6.42 Å². The number of carbonyl (C=O) groups is 1. The minimum absolute atomic E-state index is 0.0000494. The van der Waals surface area contributed by atoms with E-state index in [4.69, 9.17) is 11.6 Å². The second kappa shape index (κ2) is 8.53. The molecule has 0 radical (unpaired) electrons. The predicted molar refractivity (Wildman–Crippen MR) is 134 cm³/mol. The Bertz CT molecular complexity index is 1330. The van der Waals surface area contributed by atoms with E-state index in [1.807, 2.05) is 13.8 Å². The molecule has 2 bridgehead atoms. The van der Waals surface area contributed by atoms with Gasteiger partial charge in [0, 0.05) is 18.7 Å². The summed E-state index contributed by atoms with van der Waals surface area (Å²) in [6, 6.07) is 12.6. The summed E-state index contributed by atoms with van der Waals surface area (Å²) in [5.41, 5.74) is -0.757. The lowest BCUT2D eigenvalue weighted by atomic mass is 9.70. The summed E-state index contributed by atoms with van der Waals surface area (Å²) in [5, 5.41) is -0.0124. The van der Waals surface area contributed by atoms with Crippen molar-refractivity contribution in [2.75, 3.05) is 21.3 Å². The minimum Gasteiger partial charge on any atom is -0.299 e. The highest BCUT2D eigenvalue weighted by Crippen LogP contribution is 2.64. The molecule has 0 amide bonds. The van der Waals surface area contributed by atoms with Gasteiger partial charge in [-0.15, -0.1) is 0 Å². The molecule has 34 heavy (non-hydrogen) atoms. The zero-order chi connectivity index (χ0) is 24.9. The zero-order valence-corrected chi connectivity index (χ0v) is 21.8. The first-order valence-corrected chi connectivity index (χ1v) is 14.7. The van der Waals surface area contributed by atoms with Crippen molar-refractivity contribution in [3.63, 3.8) is 0 Å². The lowest BCUT2D eigenvalue weighted by Gasteiger charge is -2.36. The molecule has 0 aromatic heterocycles. The molecule has 2 fully saturated rings. The van der Waals surface area contributed by atoms with Crippen molar-refractivity contribution < 1.29 is 21.6 Å². The number of hydrogen-bond donors (Lipinski definition) is 1. The van der Waals surface area contributed by atoms with Gasteiger partial charge in [-0.05, 0) is 61.4 Å². The average Bonchev–Trinajstić information content (AvgIpc) is 3.10. The van der Waals surface area contributed by atoms with E-state index in [-0.39, 0.29) is 39.6 Å². The number of rotatable bonds is 8. The van der Waals surface area contributed by atoms with Gasteiger partial charge in [-0.3, -0.25) is 13.8 Å². The molecule has 2 aromatic carbocycles. The Morgan fingerprint density at radius 3 is 2.32 bits per heavy atom. The van der Waals surface area contributed by atoms with Crippen LogP contribution in [0.15, 0.2) is 53.4 Å². The molecule has 0 heterocycles. The van der Waals surface area contributed by atoms with Crippen LogP contribution in [0.5, 0.6) is 0 Å². The number of benzene rings is 2. The number of fused-ring (bicyclic) bond motifs is 2. The number of ketones is 1. The fraction of sp³-hybridized carbons (Fsp3) is 0.458. The number of Topliss-reactive ketones (excluding diaryl/α,β-unsaturated/α-hetero) is 1. The molecule has 2 saturated carbocycles. The van der Waals surface area contributed by atoms with E-state index in [9.17, 15) is 21.6 Å². The van der Waals surface area contributed by atoms with E-state index >= 15 is 0 Å². The highest BCUT2D eigenvalue weighted by molar-refractivity contribution is 7.93. The summed E-state index contributed by atoms with van der Waals surface area (Å²) in [6.45, 7) is 5.82. The molecule has 2 aliphatic carbocycles. The monoisotopic (exact) mass is 524 g/mol. The molecular weight excluding hydrogens is 496 g/mol. The Morgan fingerprint density at radius 2 is 1.76 bits per heavy atom. The van der Waals surface area contributed by atoms with Crippen molar-refractivity contribution >= 4 is 48.8 Å². The summed E-state index contributed by atoms with van der Waals surface area (Å²) in [7, 11) is -8.00. The van der Waals surface area contributed by atoms with Gasteiger partial charge in [0.25, 0.3) is 10.0 Å². The predicted octanol–water partition coefficient (Wildman–Crippen LogP) is 4.69. The third kappa shape index (κ3) is 4.01. The van der Waals surface area contributed by atoms with Gasteiger partial charge >= 0.3 is 0 Å². The Balaban J connectivity index is 1.64. The summed E-state index contributed by atoms with van der Waals surface area (Å²) in [6.07, 6.45) is 1.80. The topological polar surface area (TPSA) is 101 Å². The summed E-state index contributed by atoms with van der Waals surface area (Å²) < 4.78 is 56.9. The van der Waals surface area contributed by atoms with Gasteiger partial charge in [0.2, 0.25) is 10.0 Å². The number of nitrogens with one attached hydrogen (secondary N) is 1. The SMILES string of the molecule is CCN(c1ccccc1)S(=O)(=O)c1cc(NS(=O)(=O)CC23CCC(CC2=O)C3(C)C)ccc1Cl. The molecule has 2 aliphatic rings. The van der Waals surface area contributed by atoms with Crippen LogP contribution < -0.4 is 9.03 Å². The maximum Gasteiger partial charge on any atom is 0.265 e. The number of nitrogens with zero attached hydrogens (tertiary/aromatic N) is 1. The van der Waals surface area contributed by atoms with E-state index in [2.05, 4.69) is 4.72 Å². The Hall–Kier alpha value is -2.10. The fourth-order valence-electron chi connectivity index (χ4n) is 5.62. The number of hydrogen-bond acceptors (Lipinski definition) is 5. The average molecular weight is 525 g/mol. The molecule has 0 saturated heterocycles. The fourth-order valence-corrected chi connectivity index (χ4v) is 9.48. The Morgan fingerprint density at radius 1 is 1.09 bits per heavy atom. The Labute approximate surface area is 206 Å². The van der Waals surface area contributed by atoms with Crippen molar-refractivity contribution in [2.24, 2.45) is 16.7 Å². The molecule has 2 unspecified atom stereocenters. The van der Waals surface area contributed by atoms with Crippen molar-refractivity contribution in [2.45, 2.75) is 44.9 Å². The molecule has 10 heteroatoms. The first kappa shape index (κ1) is 25.0. The molecule has 0 spiro atoms. The van der Waals surface area contributed by atoms with Crippen LogP contribution in [0.3, 0.4) is 0 Å². The van der Waals surface area contributed by atoms with Crippen LogP contribution in [0, 0.1) is 16.7 Å². The number of carbonyl (C=O) groups excluding carboxylic acids is 1. The first-order valence-electron chi connectivity index (χ1n) is 11.3. The van der Waals surface area contributed by atoms with Gasteiger partial charge in [0.1, 0.15) is 10.7 Å². The van der Waals surface area contributed by atoms with Crippen LogP contribution in [0.1, 0.15) is 40.0 Å². The highest BCUT2D eigenvalue weighted by Gasteiger charge is 2.65. The number of halogens is 1. The van der Waals surface area contributed by atoms with Crippen LogP contribution in [0.4, 0.5) is 11.4 Å². The molecule has 184 valence electrons. The maximum atomic E-state index is 13.4. The van der Waals surface area contributed by atoms with E-state index in [1.54, 1.807) is 37.3 Å². The number of sulfonamides is 2. The van der Waals surface area contributed by atoms with Crippen LogP contribution in [0.25, 0.3) is 0 Å². The summed E-state index contributed by atoms with van der Waals surface area (Å²) in [4.78, 5) is 12.6. The van der Waals surface area contributed by atoms with E-state index in [1.165, 1.54) is 22.5 Å². The molecule has 7 nitrogen and oxygen atoms in total. The molecule has 1 N–H and O–H groups in total. The van der Waals surface area contributed by atoms with Gasteiger partial charge in [-0.25, -0.2) is 16.8 Å². The lowest BCUT2D eigenvalue weighted by Crippen LogP contribution is -2.43. The number of anilines is 2. The standard InChI is InChI=1S/C24H29ClN2O5S2/c1-4-27(19-8-6-5-7-9-19)34(31,32)21-15-18(10-11-20(21)25)26-33(29,30)16-24-13-12-17(14-22(24)28)23(24,2)3/h5-11,15,17,26H,4,12-14,16H2,1-3H3. The minimum atomic E-state index is -4.06. The van der Waals surface area contributed by atoms with E-state index in [0.29, 0.717) is 18.5 Å². The van der Waals surface area contributed by atoms with Crippen LogP contribution in [0.2, 0.25) is 5.02 Å². The molecule has 2 aromatic rings. The van der Waals surface area contributed by atoms with Crippen LogP contribution >= 0.6 is 11.6 Å². The highest BCUT2D eigenvalue weighted by atomic mass is 35.5. The maximum absolute atomic E-state index is 13.4. The molecule has 0 aliphatic heterocycles. The molecule has 4 rings (SSSR count). The molecule has 2 atom stereocenters. The first-order chi connectivity index (χ1) is 15.8. The van der Waals surface area contributed by atoms with Crippen molar-refractivity contribution in [3.8, 4) is 0 Å². The quantitative estimate of drug-likeness (QED) is 0.539. The van der Waals surface area contributed by atoms with Crippen molar-refractivity contribution in [3.05, 3.63) is 53.6 Å². The van der Waals surface area contributed by atoms with Gasteiger partial charge in [-0.2, -0.15) is 0 Å². The lowest BCUT2D eigenvalue weighted by molar-refractivity contribution is -0.128. The van der Waals surface area contributed by atoms with Gasteiger partial charge in [0.15, 0.2) is 0 Å². The van der Waals surface area contributed by atoms with Crippen molar-refractivity contribution in [1.29, 1.82) is 0 Å². The van der Waals surface area contributed by atoms with Crippen LogP contribution in [-0.4, -0.2) is 34.9 Å².